The summed E-state index contributed by atoms with van der Waals surface area (Å²) in [6.07, 6.45) is 2.55. The average molecular weight is 254 g/mol. The van der Waals surface area contributed by atoms with E-state index in [1.54, 1.807) is 13.2 Å². The van der Waals surface area contributed by atoms with Crippen molar-refractivity contribution in [2.75, 3.05) is 12.8 Å². The summed E-state index contributed by atoms with van der Waals surface area (Å²) in [7, 11) is 1.67. The molecule has 0 unspecified atom stereocenters. The minimum absolute atomic E-state index is 0.662. The fourth-order valence-electron chi connectivity index (χ4n) is 2.10. The maximum Gasteiger partial charge on any atom is 0.162 e. The zero-order chi connectivity index (χ0) is 13.2. The molecule has 0 radical (unpaired) electrons. The largest absolute Gasteiger partial charge is 0.496 e. The van der Waals surface area contributed by atoms with Crippen LogP contribution < -0.4 is 10.5 Å². The molecule has 2 heterocycles. The highest BCUT2D eigenvalue weighted by molar-refractivity contribution is 5.51. The Morgan fingerprint density at radius 3 is 2.89 bits per heavy atom. The van der Waals surface area contributed by atoms with E-state index in [1.807, 2.05) is 40.9 Å². The summed E-state index contributed by atoms with van der Waals surface area (Å²) in [4.78, 5) is 0. The smallest absolute Gasteiger partial charge is 0.162 e. The van der Waals surface area contributed by atoms with Gasteiger partial charge in [-0.3, -0.25) is 4.40 Å². The SMILES string of the molecule is COc1ccccc1Cc1nnc2cc(N)ccn12. The molecular formula is C14H14N4O. The number of nitrogens with two attached hydrogens (primary N) is 1. The fourth-order valence-corrected chi connectivity index (χ4v) is 2.10. The van der Waals surface area contributed by atoms with Crippen molar-refractivity contribution in [3.05, 3.63) is 54.0 Å². The van der Waals surface area contributed by atoms with Crippen LogP contribution in [0.4, 0.5) is 5.69 Å². The molecule has 3 rings (SSSR count). The van der Waals surface area contributed by atoms with Gasteiger partial charge in [-0.1, -0.05) is 18.2 Å². The Morgan fingerprint density at radius 2 is 2.05 bits per heavy atom. The van der Waals surface area contributed by atoms with E-state index in [4.69, 9.17) is 10.5 Å². The number of hydrogen-bond donors (Lipinski definition) is 1. The van der Waals surface area contributed by atoms with E-state index in [1.165, 1.54) is 0 Å². The van der Waals surface area contributed by atoms with Crippen LogP contribution in [0.5, 0.6) is 5.75 Å². The second-order valence-corrected chi connectivity index (χ2v) is 4.29. The molecule has 2 aromatic heterocycles. The standard InChI is InChI=1S/C14H14N4O/c1-19-12-5-3-2-4-10(12)8-13-16-17-14-9-11(15)6-7-18(13)14/h2-7,9H,8,15H2,1H3. The number of fused-ring (bicyclic) bond motifs is 1. The molecule has 0 atom stereocenters. The van der Waals surface area contributed by atoms with Crippen LogP contribution in [-0.4, -0.2) is 21.7 Å². The van der Waals surface area contributed by atoms with E-state index in [-0.39, 0.29) is 0 Å². The van der Waals surface area contributed by atoms with Crippen LogP contribution in [0.1, 0.15) is 11.4 Å². The van der Waals surface area contributed by atoms with Crippen LogP contribution >= 0.6 is 0 Å². The molecule has 0 bridgehead atoms. The van der Waals surface area contributed by atoms with Crippen LogP contribution in [0.25, 0.3) is 5.65 Å². The number of methoxy groups -OCH3 is 1. The minimum Gasteiger partial charge on any atom is -0.496 e. The molecule has 0 aliphatic rings. The van der Waals surface area contributed by atoms with Crippen molar-refractivity contribution in [2.24, 2.45) is 0 Å². The Kier molecular flexibility index (Phi) is 2.79. The summed E-state index contributed by atoms with van der Waals surface area (Å²) >= 11 is 0. The van der Waals surface area contributed by atoms with Gasteiger partial charge < -0.3 is 10.5 Å². The van der Waals surface area contributed by atoms with Gasteiger partial charge >= 0.3 is 0 Å². The fraction of sp³-hybridized carbons (Fsp3) is 0.143. The maximum absolute atomic E-state index is 5.73. The van der Waals surface area contributed by atoms with E-state index in [2.05, 4.69) is 10.2 Å². The molecule has 0 saturated heterocycles. The lowest BCUT2D eigenvalue weighted by molar-refractivity contribution is 0.410. The predicted octanol–water partition coefficient (Wildman–Crippen LogP) is 1.91. The summed E-state index contributed by atoms with van der Waals surface area (Å²) in [5, 5.41) is 8.33. The van der Waals surface area contributed by atoms with Gasteiger partial charge in [0.25, 0.3) is 0 Å². The maximum atomic E-state index is 5.73. The van der Waals surface area contributed by atoms with Crippen molar-refractivity contribution in [1.29, 1.82) is 0 Å². The quantitative estimate of drug-likeness (QED) is 0.775. The number of nitrogen functional groups attached to an aromatic ring is 1. The van der Waals surface area contributed by atoms with Gasteiger partial charge in [-0.15, -0.1) is 10.2 Å². The summed E-state index contributed by atoms with van der Waals surface area (Å²) in [5.74, 6) is 1.72. The van der Waals surface area contributed by atoms with Gasteiger partial charge in [-0.25, -0.2) is 0 Å². The topological polar surface area (TPSA) is 65.4 Å². The summed E-state index contributed by atoms with van der Waals surface area (Å²) in [6, 6.07) is 11.5. The van der Waals surface area contributed by atoms with E-state index in [0.717, 1.165) is 22.8 Å². The number of rotatable bonds is 3. The van der Waals surface area contributed by atoms with Crippen LogP contribution in [-0.2, 0) is 6.42 Å². The van der Waals surface area contributed by atoms with E-state index in [0.29, 0.717) is 12.1 Å². The normalized spacial score (nSPS) is 10.8. The molecule has 1 aromatic carbocycles. The van der Waals surface area contributed by atoms with Crippen molar-refractivity contribution < 1.29 is 4.74 Å². The Bertz CT molecular complexity index is 720. The molecule has 0 saturated carbocycles. The second-order valence-electron chi connectivity index (χ2n) is 4.29. The van der Waals surface area contributed by atoms with Crippen LogP contribution in [0.3, 0.4) is 0 Å². The van der Waals surface area contributed by atoms with Crippen molar-refractivity contribution in [3.63, 3.8) is 0 Å². The molecule has 96 valence electrons. The predicted molar refractivity (Wildman–Crippen MR) is 73.2 cm³/mol. The lowest BCUT2D eigenvalue weighted by Gasteiger charge is -2.07. The molecule has 0 spiro atoms. The molecule has 0 aliphatic carbocycles. The van der Waals surface area contributed by atoms with Crippen LogP contribution in [0, 0.1) is 0 Å². The molecule has 0 amide bonds. The van der Waals surface area contributed by atoms with Crippen molar-refractivity contribution in [2.45, 2.75) is 6.42 Å². The van der Waals surface area contributed by atoms with Gasteiger partial charge in [0.15, 0.2) is 5.65 Å². The highest BCUT2D eigenvalue weighted by atomic mass is 16.5. The lowest BCUT2D eigenvalue weighted by Crippen LogP contribution is -1.99. The van der Waals surface area contributed by atoms with E-state index < -0.39 is 0 Å². The highest BCUT2D eigenvalue weighted by Gasteiger charge is 2.09. The van der Waals surface area contributed by atoms with Gasteiger partial charge in [-0.2, -0.15) is 0 Å². The lowest BCUT2D eigenvalue weighted by atomic mass is 10.1. The second kappa shape index (κ2) is 4.61. The Morgan fingerprint density at radius 1 is 1.21 bits per heavy atom. The van der Waals surface area contributed by atoms with Crippen LogP contribution in [0.2, 0.25) is 0 Å². The Hall–Kier alpha value is -2.56. The summed E-state index contributed by atoms with van der Waals surface area (Å²) in [6.45, 7) is 0. The highest BCUT2D eigenvalue weighted by Crippen LogP contribution is 2.20. The first-order valence-electron chi connectivity index (χ1n) is 5.99. The number of para-hydroxylation sites is 1. The summed E-state index contributed by atoms with van der Waals surface area (Å²) < 4.78 is 7.28. The third-order valence-electron chi connectivity index (χ3n) is 3.05. The first-order chi connectivity index (χ1) is 9.28. The molecule has 0 fully saturated rings. The van der Waals surface area contributed by atoms with Gasteiger partial charge in [0.05, 0.1) is 7.11 Å². The van der Waals surface area contributed by atoms with Gasteiger partial charge in [-0.05, 0) is 12.1 Å². The molecule has 3 aromatic rings. The number of nitrogens with zero attached hydrogens (tertiary/aromatic N) is 3. The monoisotopic (exact) mass is 254 g/mol. The van der Waals surface area contributed by atoms with E-state index in [9.17, 15) is 0 Å². The van der Waals surface area contributed by atoms with Crippen LogP contribution in [0.15, 0.2) is 42.6 Å². The number of pyridine rings is 1. The van der Waals surface area contributed by atoms with Gasteiger partial charge in [0, 0.05) is 29.9 Å². The molecule has 0 aliphatic heterocycles. The van der Waals surface area contributed by atoms with Crippen molar-refractivity contribution in [3.8, 4) is 5.75 Å². The number of benzene rings is 1. The number of hydrogen-bond acceptors (Lipinski definition) is 4. The summed E-state index contributed by atoms with van der Waals surface area (Å²) in [5.41, 5.74) is 8.25. The van der Waals surface area contributed by atoms with Gasteiger partial charge in [0.1, 0.15) is 11.6 Å². The number of anilines is 1. The van der Waals surface area contributed by atoms with Gasteiger partial charge in [0.2, 0.25) is 0 Å². The zero-order valence-electron chi connectivity index (χ0n) is 10.6. The minimum atomic E-state index is 0.662. The Labute approximate surface area is 110 Å². The third kappa shape index (κ3) is 2.10. The van der Waals surface area contributed by atoms with Crippen molar-refractivity contribution in [1.82, 2.24) is 14.6 Å². The molecular weight excluding hydrogens is 240 g/mol. The first kappa shape index (κ1) is 11.5. The molecule has 5 heteroatoms. The van der Waals surface area contributed by atoms with Crippen molar-refractivity contribution >= 4 is 11.3 Å². The third-order valence-corrected chi connectivity index (χ3v) is 3.05. The number of aromatic nitrogens is 3. The Balaban J connectivity index is 2.01. The number of ether oxygens (including phenoxy) is 1. The molecule has 2 N–H and O–H groups in total. The average Bonchev–Trinajstić information content (AvgIpc) is 2.82. The molecule has 19 heavy (non-hydrogen) atoms. The van der Waals surface area contributed by atoms with E-state index >= 15 is 0 Å². The zero-order valence-corrected chi connectivity index (χ0v) is 10.6. The molecule has 5 nitrogen and oxygen atoms in total. The first-order valence-corrected chi connectivity index (χ1v) is 5.99.